The van der Waals surface area contributed by atoms with Crippen LogP contribution in [0.5, 0.6) is 0 Å². The molecule has 3 aromatic carbocycles. The predicted molar refractivity (Wildman–Crippen MR) is 136 cm³/mol. The summed E-state index contributed by atoms with van der Waals surface area (Å²) in [5.74, 6) is -1.07. The van der Waals surface area contributed by atoms with E-state index in [-0.39, 0.29) is 28.9 Å². The van der Waals surface area contributed by atoms with Crippen LogP contribution in [0, 0.1) is 6.92 Å². The number of carbonyl (C=O) groups is 2. The van der Waals surface area contributed by atoms with Crippen LogP contribution >= 0.6 is 11.6 Å². The van der Waals surface area contributed by atoms with Gasteiger partial charge in [0.2, 0.25) is 5.43 Å². The van der Waals surface area contributed by atoms with Crippen molar-refractivity contribution in [1.82, 2.24) is 15.1 Å². The van der Waals surface area contributed by atoms with E-state index in [9.17, 15) is 14.4 Å². The third kappa shape index (κ3) is 5.47. The molecule has 35 heavy (non-hydrogen) atoms. The van der Waals surface area contributed by atoms with Crippen LogP contribution in [0.15, 0.2) is 89.7 Å². The summed E-state index contributed by atoms with van der Waals surface area (Å²) in [5, 5.41) is 10.4. The highest BCUT2D eigenvalue weighted by Crippen LogP contribution is 2.19. The molecule has 0 spiro atoms. The van der Waals surface area contributed by atoms with Crippen LogP contribution in [0.4, 0.5) is 5.69 Å². The number of rotatable bonds is 6. The normalized spacial score (nSPS) is 11.5. The second kappa shape index (κ2) is 10.4. The van der Waals surface area contributed by atoms with E-state index in [1.54, 1.807) is 55.5 Å². The Balaban J connectivity index is 1.59. The lowest BCUT2D eigenvalue weighted by Gasteiger charge is -2.16. The Morgan fingerprint density at radius 1 is 0.914 bits per heavy atom. The number of amides is 2. The number of hydrogen-bond donors (Lipinski definition) is 2. The summed E-state index contributed by atoms with van der Waals surface area (Å²) in [4.78, 5) is 38.6. The van der Waals surface area contributed by atoms with Crippen molar-refractivity contribution in [1.29, 1.82) is 0 Å². The number of aryl methyl sites for hydroxylation is 1. The summed E-state index contributed by atoms with van der Waals surface area (Å²) < 4.78 is 1.49. The molecule has 0 fully saturated rings. The fourth-order valence-electron chi connectivity index (χ4n) is 3.62. The van der Waals surface area contributed by atoms with Gasteiger partial charge in [-0.05, 0) is 55.8 Å². The van der Waals surface area contributed by atoms with Crippen LogP contribution in [0.25, 0.3) is 5.69 Å². The molecule has 1 aromatic heterocycles. The minimum absolute atomic E-state index is 0.238. The van der Waals surface area contributed by atoms with Gasteiger partial charge in [-0.3, -0.25) is 14.4 Å². The molecule has 1 atom stereocenters. The molecule has 0 aliphatic carbocycles. The first kappa shape index (κ1) is 23.9. The summed E-state index contributed by atoms with van der Waals surface area (Å²) in [6.07, 6.45) is 0. The van der Waals surface area contributed by atoms with Crippen molar-refractivity contribution in [3.05, 3.63) is 123 Å². The highest BCUT2D eigenvalue weighted by atomic mass is 35.5. The largest absolute Gasteiger partial charge is 0.345 e. The number of aromatic nitrogens is 2. The van der Waals surface area contributed by atoms with Crippen molar-refractivity contribution in [2.75, 3.05) is 5.32 Å². The summed E-state index contributed by atoms with van der Waals surface area (Å²) in [5.41, 5.74) is 1.89. The topological polar surface area (TPSA) is 93.1 Å². The summed E-state index contributed by atoms with van der Waals surface area (Å²) >= 11 is 5.97. The third-order valence-electron chi connectivity index (χ3n) is 5.46. The van der Waals surface area contributed by atoms with Gasteiger partial charge in [0, 0.05) is 16.8 Å². The Kier molecular flexibility index (Phi) is 7.08. The number of benzene rings is 3. The Morgan fingerprint density at radius 2 is 1.57 bits per heavy atom. The zero-order chi connectivity index (χ0) is 24.9. The van der Waals surface area contributed by atoms with Crippen LogP contribution < -0.4 is 16.1 Å². The van der Waals surface area contributed by atoms with Gasteiger partial charge >= 0.3 is 0 Å². The molecule has 2 N–H and O–H groups in total. The van der Waals surface area contributed by atoms with Crippen LogP contribution in [-0.2, 0) is 0 Å². The van der Waals surface area contributed by atoms with E-state index in [0.29, 0.717) is 16.4 Å². The number of para-hydroxylation sites is 1. The monoisotopic (exact) mass is 486 g/mol. The van der Waals surface area contributed by atoms with E-state index in [1.807, 2.05) is 37.3 Å². The lowest BCUT2D eigenvalue weighted by atomic mass is 10.1. The quantitative estimate of drug-likeness (QED) is 0.404. The summed E-state index contributed by atoms with van der Waals surface area (Å²) in [7, 11) is 0. The number of hydrogen-bond acceptors (Lipinski definition) is 4. The minimum Gasteiger partial charge on any atom is -0.345 e. The molecule has 4 aromatic rings. The first-order chi connectivity index (χ1) is 16.8. The third-order valence-corrected chi connectivity index (χ3v) is 5.71. The van der Waals surface area contributed by atoms with E-state index in [1.165, 1.54) is 10.7 Å². The number of halogens is 1. The lowest BCUT2D eigenvalue weighted by Crippen LogP contribution is -2.30. The molecule has 0 saturated carbocycles. The smallest absolute Gasteiger partial charge is 0.280 e. The highest BCUT2D eigenvalue weighted by Gasteiger charge is 2.20. The number of nitrogens with zero attached hydrogens (tertiary/aromatic N) is 2. The van der Waals surface area contributed by atoms with Crippen LogP contribution in [0.2, 0.25) is 5.02 Å². The van der Waals surface area contributed by atoms with Gasteiger partial charge in [-0.1, -0.05) is 54.1 Å². The Labute approximate surface area is 207 Å². The molecular formula is C27H23ClN4O3. The van der Waals surface area contributed by atoms with E-state index in [2.05, 4.69) is 15.7 Å². The molecule has 7 nitrogen and oxygen atoms in total. The van der Waals surface area contributed by atoms with Crippen molar-refractivity contribution in [2.45, 2.75) is 19.9 Å². The molecule has 0 radical (unpaired) electrons. The summed E-state index contributed by atoms with van der Waals surface area (Å²) in [6.45, 7) is 3.60. The predicted octanol–water partition coefficient (Wildman–Crippen LogP) is 4.94. The fourth-order valence-corrected chi connectivity index (χ4v) is 3.75. The van der Waals surface area contributed by atoms with Gasteiger partial charge in [-0.2, -0.15) is 5.10 Å². The van der Waals surface area contributed by atoms with Gasteiger partial charge in [0.25, 0.3) is 11.8 Å². The summed E-state index contributed by atoms with van der Waals surface area (Å²) in [6, 6.07) is 24.1. The van der Waals surface area contributed by atoms with Crippen LogP contribution in [-0.4, -0.2) is 21.6 Å². The van der Waals surface area contributed by atoms with Gasteiger partial charge in [-0.25, -0.2) is 4.68 Å². The van der Waals surface area contributed by atoms with E-state index < -0.39 is 11.3 Å². The van der Waals surface area contributed by atoms with E-state index >= 15 is 0 Å². The van der Waals surface area contributed by atoms with Crippen LogP contribution in [0.3, 0.4) is 0 Å². The molecular weight excluding hydrogens is 464 g/mol. The fraction of sp³-hybridized carbons (Fsp3) is 0.111. The maximum Gasteiger partial charge on any atom is 0.280 e. The zero-order valence-electron chi connectivity index (χ0n) is 19.2. The molecule has 1 heterocycles. The highest BCUT2D eigenvalue weighted by molar-refractivity contribution is 6.30. The van der Waals surface area contributed by atoms with Gasteiger partial charge in [-0.15, -0.1) is 0 Å². The second-order valence-corrected chi connectivity index (χ2v) is 8.43. The van der Waals surface area contributed by atoms with Gasteiger partial charge in [0.05, 0.1) is 23.0 Å². The molecule has 2 amide bonds. The van der Waals surface area contributed by atoms with Crippen LogP contribution in [0.1, 0.15) is 45.1 Å². The molecule has 8 heteroatoms. The van der Waals surface area contributed by atoms with Crippen molar-refractivity contribution in [3.8, 4) is 5.69 Å². The van der Waals surface area contributed by atoms with Crippen molar-refractivity contribution in [3.63, 3.8) is 0 Å². The van der Waals surface area contributed by atoms with Crippen molar-refractivity contribution >= 4 is 29.1 Å². The van der Waals surface area contributed by atoms with E-state index in [4.69, 9.17) is 11.6 Å². The van der Waals surface area contributed by atoms with Crippen molar-refractivity contribution < 1.29 is 9.59 Å². The molecule has 0 saturated heterocycles. The molecule has 4 rings (SSSR count). The molecule has 0 aliphatic heterocycles. The van der Waals surface area contributed by atoms with Gasteiger partial charge in [0.15, 0.2) is 5.69 Å². The SMILES string of the molecule is Cc1cc(=O)c(C(=O)Nc2ccccc2C(=O)NC(C)c2ccccc2)nn1-c1ccc(Cl)cc1. The second-order valence-electron chi connectivity index (χ2n) is 7.99. The number of anilines is 1. The molecule has 0 bridgehead atoms. The van der Waals surface area contributed by atoms with Crippen molar-refractivity contribution in [2.24, 2.45) is 0 Å². The first-order valence-electron chi connectivity index (χ1n) is 11.0. The van der Waals surface area contributed by atoms with Gasteiger partial charge in [0.1, 0.15) is 0 Å². The molecule has 0 aliphatic rings. The maximum absolute atomic E-state index is 13.1. The number of nitrogens with one attached hydrogen (secondary N) is 2. The standard InChI is InChI=1S/C27H23ClN4O3/c1-17-16-24(33)25(31-32(17)21-14-12-20(28)13-15-21)27(35)30-23-11-7-6-10-22(23)26(34)29-18(2)19-8-4-3-5-9-19/h3-16,18H,1-2H3,(H,29,34)(H,30,35). The lowest BCUT2D eigenvalue weighted by molar-refractivity contribution is 0.0940. The average Bonchev–Trinajstić information content (AvgIpc) is 2.85. The number of carbonyl (C=O) groups excluding carboxylic acids is 2. The Hall–Kier alpha value is -4.23. The molecule has 176 valence electrons. The first-order valence-corrected chi connectivity index (χ1v) is 11.3. The average molecular weight is 487 g/mol. The minimum atomic E-state index is -0.714. The zero-order valence-corrected chi connectivity index (χ0v) is 19.9. The Bertz CT molecular complexity index is 1430. The van der Waals surface area contributed by atoms with Gasteiger partial charge < -0.3 is 10.6 Å². The molecule has 1 unspecified atom stereocenters. The maximum atomic E-state index is 13.1. The Morgan fingerprint density at radius 3 is 2.29 bits per heavy atom. The van der Waals surface area contributed by atoms with E-state index in [0.717, 1.165) is 5.56 Å².